The van der Waals surface area contributed by atoms with Gasteiger partial charge in [0.1, 0.15) is 5.76 Å². The van der Waals surface area contributed by atoms with E-state index in [4.69, 9.17) is 13.9 Å². The van der Waals surface area contributed by atoms with Gasteiger partial charge in [-0.1, -0.05) is 0 Å². The Morgan fingerprint density at radius 2 is 2.27 bits per heavy atom. The number of hydrogen-bond donors (Lipinski definition) is 2. The Kier molecular flexibility index (Phi) is 2.45. The van der Waals surface area contributed by atoms with Crippen molar-refractivity contribution in [3.05, 3.63) is 42.0 Å². The van der Waals surface area contributed by atoms with Gasteiger partial charge in [0.05, 0.1) is 12.8 Å². The predicted molar refractivity (Wildman–Crippen MR) is 51.7 cm³/mol. The lowest BCUT2D eigenvalue weighted by molar-refractivity contribution is 0.0663. The Balaban J connectivity index is 1.96. The van der Waals surface area contributed by atoms with Crippen LogP contribution in [0, 0.1) is 0 Å². The van der Waals surface area contributed by atoms with Crippen LogP contribution in [0.2, 0.25) is 0 Å². The van der Waals surface area contributed by atoms with Crippen LogP contribution in [0.25, 0.3) is 0 Å². The summed E-state index contributed by atoms with van der Waals surface area (Å²) in [5, 5.41) is 11.5. The van der Waals surface area contributed by atoms with Crippen molar-refractivity contribution in [2.75, 3.05) is 5.32 Å². The molecule has 0 saturated carbocycles. The molecule has 78 valence electrons. The molecule has 5 nitrogen and oxygen atoms in total. The van der Waals surface area contributed by atoms with Crippen LogP contribution < -0.4 is 5.32 Å². The van der Waals surface area contributed by atoms with Gasteiger partial charge in [-0.15, -0.1) is 0 Å². The van der Waals surface area contributed by atoms with Gasteiger partial charge in [-0.05, 0) is 18.2 Å². The molecule has 0 aliphatic rings. The Morgan fingerprint density at radius 3 is 2.87 bits per heavy atom. The molecule has 2 aromatic rings. The van der Waals surface area contributed by atoms with Crippen molar-refractivity contribution < 1.29 is 18.7 Å². The molecule has 0 aliphatic heterocycles. The van der Waals surface area contributed by atoms with Gasteiger partial charge >= 0.3 is 5.97 Å². The van der Waals surface area contributed by atoms with Gasteiger partial charge in [0.2, 0.25) is 5.76 Å². The summed E-state index contributed by atoms with van der Waals surface area (Å²) in [5.41, 5.74) is 0. The SMILES string of the molecule is O=C(O)c1ccc(NCc2ccco2)o1. The normalized spacial score (nSPS) is 10.1. The lowest BCUT2D eigenvalue weighted by Crippen LogP contribution is -1.97. The van der Waals surface area contributed by atoms with E-state index in [1.54, 1.807) is 18.4 Å². The fourth-order valence-corrected chi connectivity index (χ4v) is 1.14. The minimum Gasteiger partial charge on any atom is -0.475 e. The second-order valence-corrected chi connectivity index (χ2v) is 2.90. The third-order valence-corrected chi connectivity index (χ3v) is 1.83. The molecule has 0 aromatic carbocycles. The number of furan rings is 2. The highest BCUT2D eigenvalue weighted by Gasteiger charge is 2.08. The number of rotatable bonds is 4. The first-order valence-corrected chi connectivity index (χ1v) is 4.35. The third kappa shape index (κ3) is 2.19. The quantitative estimate of drug-likeness (QED) is 0.803. The summed E-state index contributed by atoms with van der Waals surface area (Å²) in [4.78, 5) is 10.5. The van der Waals surface area contributed by atoms with Crippen molar-refractivity contribution in [3.8, 4) is 0 Å². The first kappa shape index (κ1) is 9.39. The molecule has 0 bridgehead atoms. The van der Waals surface area contributed by atoms with Crippen molar-refractivity contribution in [2.45, 2.75) is 6.54 Å². The number of aromatic carboxylic acids is 1. The zero-order valence-electron chi connectivity index (χ0n) is 7.77. The fraction of sp³-hybridized carbons (Fsp3) is 0.100. The zero-order chi connectivity index (χ0) is 10.7. The van der Waals surface area contributed by atoms with Crippen LogP contribution in [0.15, 0.2) is 39.4 Å². The van der Waals surface area contributed by atoms with E-state index in [2.05, 4.69) is 5.32 Å². The van der Waals surface area contributed by atoms with E-state index >= 15 is 0 Å². The standard InChI is InChI=1S/C10H9NO4/c12-10(13)8-3-4-9(15-8)11-6-7-2-1-5-14-7/h1-5,11H,6H2,(H,12,13). The summed E-state index contributed by atoms with van der Waals surface area (Å²) < 4.78 is 10.1. The number of carboxylic acids is 1. The van der Waals surface area contributed by atoms with Crippen molar-refractivity contribution >= 4 is 11.9 Å². The second-order valence-electron chi connectivity index (χ2n) is 2.90. The van der Waals surface area contributed by atoms with Crippen molar-refractivity contribution in [1.82, 2.24) is 0 Å². The average Bonchev–Trinajstić information content (AvgIpc) is 2.86. The largest absolute Gasteiger partial charge is 0.475 e. The Morgan fingerprint density at radius 1 is 1.40 bits per heavy atom. The van der Waals surface area contributed by atoms with E-state index in [0.717, 1.165) is 5.76 Å². The molecular formula is C10H9NO4. The number of hydrogen-bond acceptors (Lipinski definition) is 4. The molecule has 5 heteroatoms. The molecule has 0 spiro atoms. The predicted octanol–water partition coefficient (Wildman–Crippen LogP) is 2.18. The summed E-state index contributed by atoms with van der Waals surface area (Å²) in [5.74, 6) is -0.00920. The molecule has 0 unspecified atom stereocenters. The van der Waals surface area contributed by atoms with Crippen LogP contribution in [0.5, 0.6) is 0 Å². The van der Waals surface area contributed by atoms with E-state index in [0.29, 0.717) is 12.4 Å². The molecule has 2 aromatic heterocycles. The minimum absolute atomic E-state index is 0.0862. The molecule has 0 amide bonds. The molecule has 0 fully saturated rings. The second kappa shape index (κ2) is 3.91. The highest BCUT2D eigenvalue weighted by Crippen LogP contribution is 2.14. The third-order valence-electron chi connectivity index (χ3n) is 1.83. The summed E-state index contributed by atoms with van der Waals surface area (Å²) >= 11 is 0. The molecule has 2 N–H and O–H groups in total. The van der Waals surface area contributed by atoms with Gasteiger partial charge in [0.15, 0.2) is 5.88 Å². The maximum Gasteiger partial charge on any atom is 0.371 e. The Labute approximate surface area is 85.3 Å². The van der Waals surface area contributed by atoms with Crippen LogP contribution in [0.4, 0.5) is 5.88 Å². The summed E-state index contributed by atoms with van der Waals surface area (Å²) in [6, 6.07) is 6.55. The number of nitrogens with one attached hydrogen (secondary N) is 1. The van der Waals surface area contributed by atoms with Gasteiger partial charge in [0, 0.05) is 6.07 Å². The maximum absolute atomic E-state index is 10.5. The van der Waals surface area contributed by atoms with E-state index < -0.39 is 5.97 Å². The highest BCUT2D eigenvalue weighted by molar-refractivity contribution is 5.84. The van der Waals surface area contributed by atoms with Crippen LogP contribution >= 0.6 is 0 Å². The highest BCUT2D eigenvalue weighted by atomic mass is 16.4. The molecule has 0 aliphatic carbocycles. The summed E-state index contributed by atoms with van der Waals surface area (Å²) in [7, 11) is 0. The molecule has 2 heterocycles. The van der Waals surface area contributed by atoms with E-state index in [1.165, 1.54) is 6.07 Å². The monoisotopic (exact) mass is 207 g/mol. The first-order chi connectivity index (χ1) is 7.25. The van der Waals surface area contributed by atoms with Gasteiger partial charge < -0.3 is 19.3 Å². The zero-order valence-corrected chi connectivity index (χ0v) is 7.77. The lowest BCUT2D eigenvalue weighted by atomic mass is 10.4. The van der Waals surface area contributed by atoms with Crippen LogP contribution in [-0.4, -0.2) is 11.1 Å². The van der Waals surface area contributed by atoms with E-state index in [1.807, 2.05) is 6.07 Å². The molecular weight excluding hydrogens is 198 g/mol. The fourth-order valence-electron chi connectivity index (χ4n) is 1.14. The van der Waals surface area contributed by atoms with Crippen molar-refractivity contribution in [1.29, 1.82) is 0 Å². The smallest absolute Gasteiger partial charge is 0.371 e. The van der Waals surface area contributed by atoms with Crippen molar-refractivity contribution in [2.24, 2.45) is 0 Å². The molecule has 0 atom stereocenters. The Hall–Kier alpha value is -2.17. The molecule has 2 rings (SSSR count). The summed E-state index contributed by atoms with van der Waals surface area (Å²) in [6.07, 6.45) is 1.57. The van der Waals surface area contributed by atoms with E-state index in [-0.39, 0.29) is 5.76 Å². The van der Waals surface area contributed by atoms with Gasteiger partial charge in [-0.25, -0.2) is 4.79 Å². The molecule has 0 radical (unpaired) electrons. The first-order valence-electron chi connectivity index (χ1n) is 4.35. The molecule has 15 heavy (non-hydrogen) atoms. The van der Waals surface area contributed by atoms with Gasteiger partial charge in [0.25, 0.3) is 0 Å². The number of carbonyl (C=O) groups is 1. The topological polar surface area (TPSA) is 75.6 Å². The van der Waals surface area contributed by atoms with E-state index in [9.17, 15) is 4.79 Å². The minimum atomic E-state index is -1.08. The molecule has 0 saturated heterocycles. The lowest BCUT2D eigenvalue weighted by Gasteiger charge is -1.98. The van der Waals surface area contributed by atoms with Crippen LogP contribution in [-0.2, 0) is 6.54 Å². The van der Waals surface area contributed by atoms with Gasteiger partial charge in [-0.2, -0.15) is 0 Å². The van der Waals surface area contributed by atoms with Crippen molar-refractivity contribution in [3.63, 3.8) is 0 Å². The number of anilines is 1. The number of carboxylic acid groups (broad SMARTS) is 1. The summed E-state index contributed by atoms with van der Waals surface area (Å²) in [6.45, 7) is 0.458. The van der Waals surface area contributed by atoms with Crippen LogP contribution in [0.1, 0.15) is 16.3 Å². The van der Waals surface area contributed by atoms with Crippen LogP contribution in [0.3, 0.4) is 0 Å². The Bertz CT molecular complexity index is 444. The average molecular weight is 207 g/mol. The maximum atomic E-state index is 10.5. The van der Waals surface area contributed by atoms with Gasteiger partial charge in [-0.3, -0.25) is 0 Å².